The molecule has 1 N–H and O–H groups in total. The van der Waals surface area contributed by atoms with E-state index in [2.05, 4.69) is 15.3 Å². The van der Waals surface area contributed by atoms with E-state index in [4.69, 9.17) is 17.0 Å². The number of para-hydroxylation sites is 1. The number of benzene rings is 2. The molecule has 0 amide bonds. The van der Waals surface area contributed by atoms with Crippen molar-refractivity contribution in [2.75, 3.05) is 0 Å². The van der Waals surface area contributed by atoms with Crippen molar-refractivity contribution in [2.45, 2.75) is 26.2 Å². The maximum atomic E-state index is 14.1. The number of aromatic amines is 1. The fraction of sp³-hybridized carbons (Fsp3) is 0.200. The molecule has 0 fully saturated rings. The minimum absolute atomic E-state index is 0.0535. The predicted octanol–water partition coefficient (Wildman–Crippen LogP) is 4.41. The van der Waals surface area contributed by atoms with Gasteiger partial charge in [0.05, 0.1) is 6.21 Å². The Morgan fingerprint density at radius 1 is 1.21 bits per heavy atom. The molecule has 144 valence electrons. The highest BCUT2D eigenvalue weighted by Crippen LogP contribution is 2.25. The van der Waals surface area contributed by atoms with Crippen LogP contribution in [0.5, 0.6) is 11.5 Å². The first-order valence-corrected chi connectivity index (χ1v) is 8.95. The van der Waals surface area contributed by atoms with Gasteiger partial charge in [0.1, 0.15) is 11.4 Å². The second-order valence-electron chi connectivity index (χ2n) is 7.09. The van der Waals surface area contributed by atoms with Crippen LogP contribution < -0.4 is 10.3 Å². The molecule has 1 aromatic heterocycles. The lowest BCUT2D eigenvalue weighted by molar-refractivity contribution is 0.442. The maximum absolute atomic E-state index is 14.1. The van der Waals surface area contributed by atoms with E-state index in [1.54, 1.807) is 24.3 Å². The summed E-state index contributed by atoms with van der Waals surface area (Å²) in [6.07, 6.45) is 1.41. The highest BCUT2D eigenvalue weighted by atomic mass is 32.1. The van der Waals surface area contributed by atoms with E-state index in [1.165, 1.54) is 24.4 Å². The number of hydrogen-bond donors (Lipinski definition) is 1. The zero-order valence-corrected chi connectivity index (χ0v) is 16.5. The molecule has 0 bridgehead atoms. The van der Waals surface area contributed by atoms with Gasteiger partial charge in [0, 0.05) is 5.41 Å². The minimum Gasteiger partial charge on any atom is -0.454 e. The van der Waals surface area contributed by atoms with Gasteiger partial charge in [0.15, 0.2) is 11.6 Å². The summed E-state index contributed by atoms with van der Waals surface area (Å²) >= 11 is 5.12. The van der Waals surface area contributed by atoms with E-state index in [-0.39, 0.29) is 10.5 Å². The molecule has 0 aliphatic carbocycles. The Balaban J connectivity index is 1.95. The van der Waals surface area contributed by atoms with Crippen molar-refractivity contribution in [1.29, 1.82) is 0 Å². The summed E-state index contributed by atoms with van der Waals surface area (Å²) in [5.74, 6) is 0.0604. The van der Waals surface area contributed by atoms with Crippen LogP contribution in [0.3, 0.4) is 0 Å². The second kappa shape index (κ2) is 7.85. The number of nitrogens with one attached hydrogen (secondary N) is 1. The van der Waals surface area contributed by atoms with Crippen LogP contribution in [-0.4, -0.2) is 21.1 Å². The number of H-pyrrole nitrogens is 1. The average Bonchev–Trinajstić information content (AvgIpc) is 2.64. The monoisotopic (exact) mass is 398 g/mol. The van der Waals surface area contributed by atoms with Crippen molar-refractivity contribution in [3.05, 3.63) is 80.7 Å². The number of rotatable bonds is 4. The lowest BCUT2D eigenvalue weighted by Crippen LogP contribution is -2.32. The quantitative estimate of drug-likeness (QED) is 0.522. The molecule has 2 aromatic carbocycles. The van der Waals surface area contributed by atoms with Crippen LogP contribution in [0.25, 0.3) is 0 Å². The standard InChI is InChI=1S/C20H19FN4O2S/c1-20(2,3)17-18(26)25(19(28)24-23-17)22-12-13-9-10-15(21)16(11-13)27-14-7-5-4-6-8-14/h4-12H,1-3H3,(H,24,28)/b22-12+. The topological polar surface area (TPSA) is 72.3 Å². The van der Waals surface area contributed by atoms with Gasteiger partial charge in [0.25, 0.3) is 5.56 Å². The first kappa shape index (κ1) is 19.6. The number of ether oxygens (including phenoxy) is 1. The van der Waals surface area contributed by atoms with Crippen molar-refractivity contribution in [2.24, 2.45) is 5.10 Å². The van der Waals surface area contributed by atoms with Crippen molar-refractivity contribution in [3.8, 4) is 11.5 Å². The van der Waals surface area contributed by atoms with Gasteiger partial charge in [-0.2, -0.15) is 14.9 Å². The third-order valence-corrected chi connectivity index (χ3v) is 4.07. The SMILES string of the molecule is CC(C)(C)c1n[nH]c(=S)n(/N=C/c2ccc(F)c(Oc3ccccc3)c2)c1=O. The van der Waals surface area contributed by atoms with Gasteiger partial charge in [-0.1, -0.05) is 45.0 Å². The van der Waals surface area contributed by atoms with Crippen molar-refractivity contribution >= 4 is 18.4 Å². The Morgan fingerprint density at radius 2 is 1.93 bits per heavy atom. The molecule has 0 saturated heterocycles. The molecule has 0 radical (unpaired) electrons. The Kier molecular flexibility index (Phi) is 5.51. The van der Waals surface area contributed by atoms with Crippen LogP contribution in [-0.2, 0) is 5.41 Å². The van der Waals surface area contributed by atoms with Crippen LogP contribution in [0.4, 0.5) is 4.39 Å². The summed E-state index contributed by atoms with van der Waals surface area (Å²) in [4.78, 5) is 12.6. The largest absolute Gasteiger partial charge is 0.454 e. The zero-order valence-electron chi connectivity index (χ0n) is 15.6. The fourth-order valence-electron chi connectivity index (χ4n) is 2.40. The van der Waals surface area contributed by atoms with Crippen LogP contribution in [0.15, 0.2) is 58.4 Å². The van der Waals surface area contributed by atoms with E-state index in [9.17, 15) is 9.18 Å². The normalized spacial score (nSPS) is 11.7. The van der Waals surface area contributed by atoms with Crippen LogP contribution >= 0.6 is 12.2 Å². The lowest BCUT2D eigenvalue weighted by Gasteiger charge is -2.16. The maximum Gasteiger partial charge on any atom is 0.297 e. The van der Waals surface area contributed by atoms with Crippen LogP contribution in [0.1, 0.15) is 32.0 Å². The predicted molar refractivity (Wildman–Crippen MR) is 108 cm³/mol. The minimum atomic E-state index is -0.505. The van der Waals surface area contributed by atoms with Crippen molar-refractivity contribution in [3.63, 3.8) is 0 Å². The molecular formula is C20H19FN4O2S. The highest BCUT2D eigenvalue weighted by Gasteiger charge is 2.21. The van der Waals surface area contributed by atoms with Gasteiger partial charge < -0.3 is 4.74 Å². The summed E-state index contributed by atoms with van der Waals surface area (Å²) in [6, 6.07) is 13.2. The van der Waals surface area contributed by atoms with Gasteiger partial charge in [-0.25, -0.2) is 4.39 Å². The van der Waals surface area contributed by atoms with Gasteiger partial charge in [-0.3, -0.25) is 9.89 Å². The third-order valence-electron chi connectivity index (χ3n) is 3.81. The second-order valence-corrected chi connectivity index (χ2v) is 7.48. The van der Waals surface area contributed by atoms with Crippen LogP contribution in [0.2, 0.25) is 0 Å². The summed E-state index contributed by atoms with van der Waals surface area (Å²) in [5.41, 5.74) is -0.0240. The van der Waals surface area contributed by atoms with E-state index in [0.29, 0.717) is 17.0 Å². The molecule has 0 aliphatic heterocycles. The van der Waals surface area contributed by atoms with Gasteiger partial charge in [-0.15, -0.1) is 0 Å². The van der Waals surface area contributed by atoms with E-state index in [0.717, 1.165) is 4.68 Å². The Labute approximate surface area is 166 Å². The third kappa shape index (κ3) is 4.40. The number of hydrogen-bond acceptors (Lipinski definition) is 5. The number of halogens is 1. The molecule has 0 atom stereocenters. The van der Waals surface area contributed by atoms with Crippen molar-refractivity contribution < 1.29 is 9.13 Å². The van der Waals surface area contributed by atoms with Gasteiger partial charge in [-0.05, 0) is 42.0 Å². The molecule has 0 spiro atoms. The summed E-state index contributed by atoms with van der Waals surface area (Å²) in [7, 11) is 0. The fourth-order valence-corrected chi connectivity index (χ4v) is 2.58. The number of nitrogens with zero attached hydrogens (tertiary/aromatic N) is 3. The summed E-state index contributed by atoms with van der Waals surface area (Å²) in [5, 5.41) is 10.8. The molecule has 3 aromatic rings. The summed E-state index contributed by atoms with van der Waals surface area (Å²) < 4.78 is 20.8. The zero-order chi connectivity index (χ0) is 20.3. The summed E-state index contributed by atoms with van der Waals surface area (Å²) in [6.45, 7) is 5.61. The highest BCUT2D eigenvalue weighted by molar-refractivity contribution is 7.71. The van der Waals surface area contributed by atoms with E-state index in [1.807, 2.05) is 26.8 Å². The van der Waals surface area contributed by atoms with E-state index < -0.39 is 16.8 Å². The molecule has 0 unspecified atom stereocenters. The van der Waals surface area contributed by atoms with E-state index >= 15 is 0 Å². The molecule has 0 aliphatic rings. The molecule has 28 heavy (non-hydrogen) atoms. The molecule has 6 nitrogen and oxygen atoms in total. The lowest BCUT2D eigenvalue weighted by atomic mass is 9.93. The molecule has 1 heterocycles. The smallest absolute Gasteiger partial charge is 0.297 e. The van der Waals surface area contributed by atoms with Crippen molar-refractivity contribution in [1.82, 2.24) is 14.9 Å². The first-order chi connectivity index (χ1) is 13.3. The molecule has 3 rings (SSSR count). The molecule has 8 heteroatoms. The molecular weight excluding hydrogens is 379 g/mol. The van der Waals surface area contributed by atoms with Gasteiger partial charge in [0.2, 0.25) is 4.77 Å². The Hall–Kier alpha value is -3.13. The Morgan fingerprint density at radius 3 is 2.61 bits per heavy atom. The Bertz CT molecular complexity index is 1130. The average molecular weight is 398 g/mol. The number of aromatic nitrogens is 3. The first-order valence-electron chi connectivity index (χ1n) is 8.55. The van der Waals surface area contributed by atoms with Crippen LogP contribution in [0, 0.1) is 10.6 Å². The molecule has 0 saturated carbocycles. The van der Waals surface area contributed by atoms with Gasteiger partial charge >= 0.3 is 0 Å².